The van der Waals surface area contributed by atoms with E-state index in [1.165, 1.54) is 11.3 Å². The fourth-order valence-electron chi connectivity index (χ4n) is 2.09. The Kier molecular flexibility index (Phi) is 4.90. The van der Waals surface area contributed by atoms with Crippen LogP contribution in [0.5, 0.6) is 5.75 Å². The van der Waals surface area contributed by atoms with Crippen LogP contribution < -0.4 is 4.74 Å². The van der Waals surface area contributed by atoms with Crippen LogP contribution in [0.2, 0.25) is 0 Å². The fraction of sp³-hybridized carbons (Fsp3) is 0.235. The van der Waals surface area contributed by atoms with Gasteiger partial charge >= 0.3 is 5.97 Å². The number of benzene rings is 1. The Balaban J connectivity index is 1.57. The number of nitrogens with zero attached hydrogens (tertiary/aromatic N) is 2. The summed E-state index contributed by atoms with van der Waals surface area (Å²) in [6.07, 6.45) is 0.128. The molecule has 6 nitrogen and oxygen atoms in total. The van der Waals surface area contributed by atoms with E-state index >= 15 is 0 Å². The Labute approximate surface area is 143 Å². The van der Waals surface area contributed by atoms with Crippen LogP contribution in [0.1, 0.15) is 17.1 Å². The second kappa shape index (κ2) is 7.27. The summed E-state index contributed by atoms with van der Waals surface area (Å²) in [5.41, 5.74) is 2.27. The largest absolute Gasteiger partial charge is 0.497 e. The third-order valence-electron chi connectivity index (χ3n) is 3.27. The Hall–Kier alpha value is -2.67. The summed E-state index contributed by atoms with van der Waals surface area (Å²) in [5.74, 6) is 1.13. The maximum Gasteiger partial charge on any atom is 0.312 e. The van der Waals surface area contributed by atoms with Gasteiger partial charge in [0.15, 0.2) is 0 Å². The Bertz CT molecular complexity index is 823. The fourth-order valence-corrected chi connectivity index (χ4v) is 2.92. The average molecular weight is 344 g/mol. The maximum atomic E-state index is 11.9. The highest BCUT2D eigenvalue weighted by atomic mass is 32.1. The molecule has 2 heterocycles. The van der Waals surface area contributed by atoms with Crippen LogP contribution in [-0.2, 0) is 22.6 Å². The number of aryl methyl sites for hydroxylation is 1. The molecule has 2 aromatic heterocycles. The zero-order valence-electron chi connectivity index (χ0n) is 13.3. The number of carbonyl (C=O) groups is 1. The standard InChI is InChI=1S/C17H16N2O4S/c1-11-7-13(19-23-11)9-22-16(20)8-14-10-24-17(18-14)12-3-5-15(21-2)6-4-12/h3-7,10H,8-9H2,1-2H3. The topological polar surface area (TPSA) is 74.5 Å². The zero-order valence-corrected chi connectivity index (χ0v) is 14.1. The SMILES string of the molecule is COc1ccc(-c2nc(CC(=O)OCc3cc(C)on3)cs2)cc1. The van der Waals surface area contributed by atoms with Crippen LogP contribution in [0, 0.1) is 6.92 Å². The van der Waals surface area contributed by atoms with E-state index in [1.807, 2.05) is 29.6 Å². The van der Waals surface area contributed by atoms with Gasteiger partial charge in [-0.1, -0.05) is 5.16 Å². The summed E-state index contributed by atoms with van der Waals surface area (Å²) < 4.78 is 15.2. The summed E-state index contributed by atoms with van der Waals surface area (Å²) in [6, 6.07) is 9.37. The van der Waals surface area contributed by atoms with Gasteiger partial charge in [-0.25, -0.2) is 4.98 Å². The Morgan fingerprint density at radius 2 is 2.04 bits per heavy atom. The van der Waals surface area contributed by atoms with Crippen LogP contribution in [0.25, 0.3) is 10.6 Å². The summed E-state index contributed by atoms with van der Waals surface area (Å²) in [5, 5.41) is 6.49. The molecule has 0 atom stereocenters. The van der Waals surface area contributed by atoms with Crippen molar-refractivity contribution < 1.29 is 18.8 Å². The number of hydrogen-bond acceptors (Lipinski definition) is 7. The van der Waals surface area contributed by atoms with Crippen molar-refractivity contribution in [2.24, 2.45) is 0 Å². The van der Waals surface area contributed by atoms with Gasteiger partial charge in [-0.3, -0.25) is 4.79 Å². The first-order valence-corrected chi connectivity index (χ1v) is 8.18. The molecule has 0 spiro atoms. The number of methoxy groups -OCH3 is 1. The molecule has 3 rings (SSSR count). The van der Waals surface area contributed by atoms with Crippen molar-refractivity contribution in [1.29, 1.82) is 0 Å². The molecule has 0 saturated carbocycles. The van der Waals surface area contributed by atoms with Gasteiger partial charge in [0, 0.05) is 17.0 Å². The summed E-state index contributed by atoms with van der Waals surface area (Å²) in [7, 11) is 1.63. The summed E-state index contributed by atoms with van der Waals surface area (Å²) >= 11 is 1.49. The number of ether oxygens (including phenoxy) is 2. The average Bonchev–Trinajstić information content (AvgIpc) is 3.22. The van der Waals surface area contributed by atoms with E-state index in [1.54, 1.807) is 20.1 Å². The number of aromatic nitrogens is 2. The highest BCUT2D eigenvalue weighted by Crippen LogP contribution is 2.25. The molecule has 0 aliphatic heterocycles. The predicted octanol–water partition coefficient (Wildman–Crippen LogP) is 3.40. The van der Waals surface area contributed by atoms with Gasteiger partial charge in [0.1, 0.15) is 28.8 Å². The van der Waals surface area contributed by atoms with Gasteiger partial charge in [0.05, 0.1) is 19.2 Å². The highest BCUT2D eigenvalue weighted by molar-refractivity contribution is 7.13. The first-order valence-electron chi connectivity index (χ1n) is 7.30. The van der Waals surface area contributed by atoms with Gasteiger partial charge in [-0.05, 0) is 31.2 Å². The van der Waals surface area contributed by atoms with Crippen molar-refractivity contribution in [3.63, 3.8) is 0 Å². The normalized spacial score (nSPS) is 10.6. The van der Waals surface area contributed by atoms with Gasteiger partial charge in [-0.2, -0.15) is 0 Å². The molecule has 0 aliphatic rings. The molecule has 0 aliphatic carbocycles. The smallest absolute Gasteiger partial charge is 0.312 e. The van der Waals surface area contributed by atoms with Crippen molar-refractivity contribution >= 4 is 17.3 Å². The van der Waals surface area contributed by atoms with Crippen LogP contribution in [0.3, 0.4) is 0 Å². The van der Waals surface area contributed by atoms with Gasteiger partial charge in [0.2, 0.25) is 0 Å². The molecule has 0 amide bonds. The van der Waals surface area contributed by atoms with E-state index < -0.39 is 0 Å². The third kappa shape index (κ3) is 3.99. The minimum absolute atomic E-state index is 0.103. The number of esters is 1. The van der Waals surface area contributed by atoms with Gasteiger partial charge in [0.25, 0.3) is 0 Å². The number of hydrogen-bond donors (Lipinski definition) is 0. The molecule has 0 saturated heterocycles. The lowest BCUT2D eigenvalue weighted by molar-refractivity contribution is -0.144. The second-order valence-electron chi connectivity index (χ2n) is 5.14. The number of rotatable bonds is 6. The van der Waals surface area contributed by atoms with E-state index in [2.05, 4.69) is 10.1 Å². The molecule has 0 bridgehead atoms. The lowest BCUT2D eigenvalue weighted by atomic mass is 10.2. The summed E-state index contributed by atoms with van der Waals surface area (Å²) in [6.45, 7) is 1.89. The molecule has 0 N–H and O–H groups in total. The van der Waals surface area contributed by atoms with Crippen LogP contribution >= 0.6 is 11.3 Å². The second-order valence-corrected chi connectivity index (χ2v) is 6.00. The van der Waals surface area contributed by atoms with Crippen molar-refractivity contribution in [3.8, 4) is 16.3 Å². The molecule has 0 unspecified atom stereocenters. The zero-order chi connectivity index (χ0) is 16.9. The Morgan fingerprint density at radius 3 is 2.71 bits per heavy atom. The molecule has 24 heavy (non-hydrogen) atoms. The van der Waals surface area contributed by atoms with Gasteiger partial charge < -0.3 is 14.0 Å². The van der Waals surface area contributed by atoms with E-state index in [0.29, 0.717) is 17.1 Å². The number of carbonyl (C=O) groups excluding carboxylic acids is 1. The predicted molar refractivity (Wildman–Crippen MR) is 88.8 cm³/mol. The minimum Gasteiger partial charge on any atom is -0.497 e. The summed E-state index contributed by atoms with van der Waals surface area (Å²) in [4.78, 5) is 16.4. The third-order valence-corrected chi connectivity index (χ3v) is 4.21. The molecular weight excluding hydrogens is 328 g/mol. The quantitative estimate of drug-likeness (QED) is 0.638. The first-order chi connectivity index (χ1) is 11.6. The molecular formula is C17H16N2O4S. The van der Waals surface area contributed by atoms with E-state index in [4.69, 9.17) is 14.0 Å². The van der Waals surface area contributed by atoms with E-state index in [0.717, 1.165) is 16.3 Å². The van der Waals surface area contributed by atoms with Crippen LogP contribution in [-0.4, -0.2) is 23.2 Å². The molecule has 124 valence electrons. The van der Waals surface area contributed by atoms with E-state index in [9.17, 15) is 4.79 Å². The van der Waals surface area contributed by atoms with Gasteiger partial charge in [-0.15, -0.1) is 11.3 Å². The van der Waals surface area contributed by atoms with Crippen molar-refractivity contribution in [3.05, 3.63) is 52.9 Å². The first kappa shape index (κ1) is 16.2. The van der Waals surface area contributed by atoms with Crippen LogP contribution in [0.4, 0.5) is 0 Å². The highest BCUT2D eigenvalue weighted by Gasteiger charge is 2.11. The minimum atomic E-state index is -0.345. The van der Waals surface area contributed by atoms with Crippen LogP contribution in [0.15, 0.2) is 40.2 Å². The molecule has 7 heteroatoms. The monoisotopic (exact) mass is 344 g/mol. The lowest BCUT2D eigenvalue weighted by Gasteiger charge is -2.01. The van der Waals surface area contributed by atoms with E-state index in [-0.39, 0.29) is 19.0 Å². The molecule has 0 fully saturated rings. The molecule has 1 aromatic carbocycles. The van der Waals surface area contributed by atoms with Crippen molar-refractivity contribution in [1.82, 2.24) is 10.1 Å². The maximum absolute atomic E-state index is 11.9. The molecule has 3 aromatic rings. The Morgan fingerprint density at radius 1 is 1.25 bits per heavy atom. The number of thiazole rings is 1. The lowest BCUT2D eigenvalue weighted by Crippen LogP contribution is -2.08. The van der Waals surface area contributed by atoms with Crippen molar-refractivity contribution in [2.45, 2.75) is 20.0 Å². The molecule has 0 radical (unpaired) electrons. The van der Waals surface area contributed by atoms with Crippen molar-refractivity contribution in [2.75, 3.05) is 7.11 Å².